The molecule has 0 bridgehead atoms. The van der Waals surface area contributed by atoms with Crippen molar-refractivity contribution in [2.24, 2.45) is 0 Å². The third-order valence-corrected chi connectivity index (χ3v) is 3.93. The van der Waals surface area contributed by atoms with Crippen LogP contribution in [0.4, 0.5) is 11.6 Å². The number of rotatable bonds is 2. The highest BCUT2D eigenvalue weighted by atomic mass is 127. The van der Waals surface area contributed by atoms with Crippen LogP contribution in [0.3, 0.4) is 0 Å². The number of anilines is 2. The van der Waals surface area contributed by atoms with E-state index in [1.807, 2.05) is 22.6 Å². The molecular weight excluding hydrogens is 355 g/mol. The largest absolute Gasteiger partial charge is 0.383 e. The average Bonchev–Trinajstić information content (AvgIpc) is 2.23. The van der Waals surface area contributed by atoms with E-state index in [2.05, 4.69) is 19.9 Å². The molecule has 0 unspecified atom stereocenters. The van der Waals surface area contributed by atoms with Gasteiger partial charge in [-0.25, -0.2) is 15.0 Å². The maximum Gasteiger partial charge on any atom is 0.265 e. The highest BCUT2D eigenvalue weighted by molar-refractivity contribution is 14.1. The molecule has 0 aromatic carbocycles. The van der Waals surface area contributed by atoms with E-state index in [1.165, 1.54) is 12.4 Å². The summed E-state index contributed by atoms with van der Waals surface area (Å²) in [5.74, 6) is 0.555. The second kappa shape index (κ2) is 4.87. The molecule has 0 atom stereocenters. The summed E-state index contributed by atoms with van der Waals surface area (Å²) in [7, 11) is 0. The Morgan fingerprint density at radius 1 is 1.29 bits per heavy atom. The van der Waals surface area contributed by atoms with Gasteiger partial charge in [0, 0.05) is 6.07 Å². The molecule has 0 aliphatic carbocycles. The summed E-state index contributed by atoms with van der Waals surface area (Å²) >= 11 is 3.04. The Hall–Kier alpha value is -1.36. The van der Waals surface area contributed by atoms with Crippen molar-refractivity contribution in [2.45, 2.75) is 10.2 Å². The molecule has 0 aliphatic rings. The molecule has 2 rings (SSSR count). The van der Waals surface area contributed by atoms with Gasteiger partial charge in [0.1, 0.15) is 20.2 Å². The van der Waals surface area contributed by atoms with Crippen LogP contribution >= 0.6 is 34.4 Å². The van der Waals surface area contributed by atoms with Crippen LogP contribution in [0.25, 0.3) is 0 Å². The lowest BCUT2D eigenvalue weighted by atomic mass is 10.5. The van der Waals surface area contributed by atoms with Crippen molar-refractivity contribution in [3.05, 3.63) is 26.3 Å². The van der Waals surface area contributed by atoms with Crippen molar-refractivity contribution in [3.63, 3.8) is 0 Å². The van der Waals surface area contributed by atoms with Crippen LogP contribution in [0.15, 0.2) is 27.4 Å². The predicted molar refractivity (Wildman–Crippen MR) is 72.6 cm³/mol. The average molecular weight is 362 g/mol. The van der Waals surface area contributed by atoms with Crippen molar-refractivity contribution in [2.75, 3.05) is 11.5 Å². The van der Waals surface area contributed by atoms with Crippen molar-refractivity contribution < 1.29 is 0 Å². The monoisotopic (exact) mass is 362 g/mol. The van der Waals surface area contributed by atoms with Crippen LogP contribution in [-0.4, -0.2) is 19.9 Å². The third kappa shape index (κ3) is 2.85. The molecule has 0 saturated heterocycles. The first-order valence-electron chi connectivity index (χ1n) is 4.37. The lowest BCUT2D eigenvalue weighted by Gasteiger charge is -2.02. The Morgan fingerprint density at radius 3 is 2.59 bits per heavy atom. The normalized spacial score (nSPS) is 10.4. The van der Waals surface area contributed by atoms with Crippen molar-refractivity contribution >= 4 is 46.0 Å². The van der Waals surface area contributed by atoms with Crippen LogP contribution in [0.1, 0.15) is 0 Å². The van der Waals surface area contributed by atoms with Crippen LogP contribution in [0, 0.1) is 3.57 Å². The summed E-state index contributed by atoms with van der Waals surface area (Å²) in [5.41, 5.74) is 10.9. The maximum atomic E-state index is 11.4. The first-order valence-corrected chi connectivity index (χ1v) is 6.27. The van der Waals surface area contributed by atoms with Crippen molar-refractivity contribution in [3.8, 4) is 0 Å². The summed E-state index contributed by atoms with van der Waals surface area (Å²) in [6.07, 6.45) is 1.32. The SMILES string of the molecule is Nc1cc(N)nc(Sc2nc[nH]c(=O)c2I)n1. The van der Waals surface area contributed by atoms with E-state index >= 15 is 0 Å². The number of hydrogen-bond acceptors (Lipinski definition) is 7. The molecule has 0 aliphatic heterocycles. The van der Waals surface area contributed by atoms with Gasteiger partial charge in [-0.3, -0.25) is 4.79 Å². The molecule has 2 aromatic heterocycles. The maximum absolute atomic E-state index is 11.4. The van der Waals surface area contributed by atoms with E-state index in [9.17, 15) is 4.79 Å². The Labute approximate surface area is 114 Å². The molecule has 5 N–H and O–H groups in total. The predicted octanol–water partition coefficient (Wildman–Crippen LogP) is 0.480. The van der Waals surface area contributed by atoms with Gasteiger partial charge in [-0.2, -0.15) is 0 Å². The van der Waals surface area contributed by atoms with Gasteiger partial charge in [-0.15, -0.1) is 0 Å². The van der Waals surface area contributed by atoms with Gasteiger partial charge < -0.3 is 16.5 Å². The van der Waals surface area contributed by atoms with E-state index in [-0.39, 0.29) is 17.2 Å². The lowest BCUT2D eigenvalue weighted by Crippen LogP contribution is -2.11. The molecular formula is C8H7IN6OS. The summed E-state index contributed by atoms with van der Waals surface area (Å²) in [6, 6.07) is 1.46. The van der Waals surface area contributed by atoms with Crippen LogP contribution in [-0.2, 0) is 0 Å². The number of halogens is 1. The number of aromatic amines is 1. The first-order chi connectivity index (χ1) is 8.06. The second-order valence-corrected chi connectivity index (χ2v) is 4.99. The molecule has 0 amide bonds. The lowest BCUT2D eigenvalue weighted by molar-refractivity contribution is 0.953. The fourth-order valence-corrected chi connectivity index (χ4v) is 2.42. The minimum absolute atomic E-state index is 0.208. The molecule has 2 aromatic rings. The molecule has 0 fully saturated rings. The Kier molecular flexibility index (Phi) is 3.47. The number of aromatic nitrogens is 4. The fraction of sp³-hybridized carbons (Fsp3) is 0. The summed E-state index contributed by atoms with van der Waals surface area (Å²) in [4.78, 5) is 25.8. The fourth-order valence-electron chi connectivity index (χ4n) is 1.03. The highest BCUT2D eigenvalue weighted by Gasteiger charge is 2.10. The molecule has 17 heavy (non-hydrogen) atoms. The van der Waals surface area contributed by atoms with Gasteiger partial charge in [0.05, 0.1) is 6.33 Å². The summed E-state index contributed by atoms with van der Waals surface area (Å²) in [6.45, 7) is 0. The second-order valence-electron chi connectivity index (χ2n) is 2.95. The zero-order valence-corrected chi connectivity index (χ0v) is 11.3. The number of nitrogens with zero attached hydrogens (tertiary/aromatic N) is 3. The van der Waals surface area contributed by atoms with Gasteiger partial charge in [0.2, 0.25) is 0 Å². The van der Waals surface area contributed by atoms with Crippen molar-refractivity contribution in [1.82, 2.24) is 19.9 Å². The Bertz CT molecular complexity index is 595. The third-order valence-electron chi connectivity index (χ3n) is 1.70. The van der Waals surface area contributed by atoms with E-state index in [0.29, 0.717) is 13.8 Å². The number of hydrogen-bond donors (Lipinski definition) is 3. The zero-order valence-electron chi connectivity index (χ0n) is 8.35. The minimum atomic E-state index is -0.208. The van der Waals surface area contributed by atoms with Crippen LogP contribution in [0.2, 0.25) is 0 Å². The van der Waals surface area contributed by atoms with Gasteiger partial charge in [-0.1, -0.05) is 0 Å². The number of nitrogens with two attached hydrogens (primary N) is 2. The number of nitrogens with one attached hydrogen (secondary N) is 1. The van der Waals surface area contributed by atoms with Gasteiger partial charge in [-0.05, 0) is 34.4 Å². The molecule has 7 nitrogen and oxygen atoms in total. The van der Waals surface area contributed by atoms with Gasteiger partial charge in [0.15, 0.2) is 5.16 Å². The van der Waals surface area contributed by atoms with E-state index in [0.717, 1.165) is 11.8 Å². The topological polar surface area (TPSA) is 124 Å². The number of nitrogen functional groups attached to an aromatic ring is 2. The quantitative estimate of drug-likeness (QED) is 0.403. The molecule has 0 spiro atoms. The number of H-pyrrole nitrogens is 1. The Morgan fingerprint density at radius 2 is 1.94 bits per heavy atom. The Balaban J connectivity index is 2.38. The molecule has 0 radical (unpaired) electrons. The standard InChI is InChI=1S/C8H7IN6OS/c9-5-6(16)12-2-13-7(5)17-8-14-3(10)1-4(11)15-8/h1-2H,(H,12,13,16)(H4,10,11,14,15). The molecule has 9 heteroatoms. The first kappa shape index (κ1) is 12.1. The molecule has 88 valence electrons. The van der Waals surface area contributed by atoms with Crippen LogP contribution in [0.5, 0.6) is 0 Å². The summed E-state index contributed by atoms with van der Waals surface area (Å²) < 4.78 is 0.472. The van der Waals surface area contributed by atoms with E-state index < -0.39 is 0 Å². The van der Waals surface area contributed by atoms with Gasteiger partial charge >= 0.3 is 0 Å². The highest BCUT2D eigenvalue weighted by Crippen LogP contribution is 2.25. The van der Waals surface area contributed by atoms with E-state index in [1.54, 1.807) is 0 Å². The minimum Gasteiger partial charge on any atom is -0.383 e. The molecule has 0 saturated carbocycles. The molecule has 2 heterocycles. The van der Waals surface area contributed by atoms with Gasteiger partial charge in [0.25, 0.3) is 5.56 Å². The van der Waals surface area contributed by atoms with Crippen molar-refractivity contribution in [1.29, 1.82) is 0 Å². The summed E-state index contributed by atoms with van der Waals surface area (Å²) in [5, 5.41) is 0.873. The smallest absolute Gasteiger partial charge is 0.265 e. The van der Waals surface area contributed by atoms with E-state index in [4.69, 9.17) is 11.5 Å². The zero-order chi connectivity index (χ0) is 12.4. The van der Waals surface area contributed by atoms with Crippen LogP contribution < -0.4 is 17.0 Å².